The van der Waals surface area contributed by atoms with Crippen LogP contribution < -0.4 is 4.74 Å². The van der Waals surface area contributed by atoms with Crippen molar-refractivity contribution in [3.05, 3.63) is 85.1 Å². The molecule has 0 N–H and O–H groups in total. The summed E-state index contributed by atoms with van der Waals surface area (Å²) in [5.41, 5.74) is 1.78. The zero-order valence-electron chi connectivity index (χ0n) is 22.2. The summed E-state index contributed by atoms with van der Waals surface area (Å²) in [6.07, 6.45) is 2.10. The van der Waals surface area contributed by atoms with Crippen LogP contribution in [0.1, 0.15) is 20.3 Å². The van der Waals surface area contributed by atoms with E-state index in [1.807, 2.05) is 47.9 Å². The molecule has 11 heteroatoms. The van der Waals surface area contributed by atoms with Crippen molar-refractivity contribution in [3.8, 4) is 22.8 Å². The van der Waals surface area contributed by atoms with Crippen LogP contribution in [-0.4, -0.2) is 52.1 Å². The molecule has 0 spiro atoms. The highest BCUT2D eigenvalue weighted by atomic mass is 32.2. The lowest BCUT2D eigenvalue weighted by molar-refractivity contribution is -0.142. The van der Waals surface area contributed by atoms with E-state index < -0.39 is 15.3 Å². The van der Waals surface area contributed by atoms with Crippen molar-refractivity contribution in [1.82, 2.24) is 18.7 Å². The van der Waals surface area contributed by atoms with Crippen LogP contribution in [0.15, 0.2) is 95.1 Å². The molecule has 0 radical (unpaired) electrons. The molecule has 0 bridgehead atoms. The monoisotopic (exact) mass is 576 g/mol. The minimum absolute atomic E-state index is 0.174. The highest BCUT2D eigenvalue weighted by molar-refractivity contribution is 8.00. The number of nitrogens with zero attached hydrogens (tertiary/aromatic N) is 4. The van der Waals surface area contributed by atoms with E-state index in [-0.39, 0.29) is 17.5 Å². The topological polar surface area (TPSA) is 105 Å². The molecule has 5 rings (SSSR count). The van der Waals surface area contributed by atoms with Crippen LogP contribution >= 0.6 is 11.8 Å². The summed E-state index contributed by atoms with van der Waals surface area (Å²) in [5, 5.41) is 9.63. The van der Waals surface area contributed by atoms with E-state index >= 15 is 0 Å². The number of para-hydroxylation sites is 1. The first kappa shape index (κ1) is 27.5. The Kier molecular flexibility index (Phi) is 7.95. The predicted octanol–water partition coefficient (Wildman–Crippen LogP) is 5.57. The molecule has 0 fully saturated rings. The van der Waals surface area contributed by atoms with Gasteiger partial charge in [0.05, 0.1) is 29.8 Å². The zero-order valence-corrected chi connectivity index (χ0v) is 23.9. The van der Waals surface area contributed by atoms with Gasteiger partial charge in [-0.2, -0.15) is 0 Å². The number of hydrogen-bond acceptors (Lipinski definition) is 8. The fourth-order valence-electron chi connectivity index (χ4n) is 4.40. The summed E-state index contributed by atoms with van der Waals surface area (Å²) in [6.45, 7) is 3.95. The molecular formula is C29H28N4O5S2. The van der Waals surface area contributed by atoms with Gasteiger partial charge in [-0.3, -0.25) is 9.36 Å². The van der Waals surface area contributed by atoms with Crippen molar-refractivity contribution < 1.29 is 22.7 Å². The third-order valence-electron chi connectivity index (χ3n) is 6.33. The summed E-state index contributed by atoms with van der Waals surface area (Å²) in [5.74, 6) is 0.717. The van der Waals surface area contributed by atoms with E-state index in [4.69, 9.17) is 9.47 Å². The predicted molar refractivity (Wildman–Crippen MR) is 154 cm³/mol. The average molecular weight is 577 g/mol. The molecule has 206 valence electrons. The van der Waals surface area contributed by atoms with Crippen LogP contribution in [0.25, 0.3) is 28.0 Å². The third-order valence-corrected chi connectivity index (χ3v) is 9.30. The zero-order chi connectivity index (χ0) is 28.3. The lowest BCUT2D eigenvalue weighted by Crippen LogP contribution is -2.20. The van der Waals surface area contributed by atoms with Gasteiger partial charge in [-0.25, -0.2) is 12.4 Å². The smallest absolute Gasteiger partial charge is 0.319 e. The largest absolute Gasteiger partial charge is 0.497 e. The first-order valence-electron chi connectivity index (χ1n) is 12.7. The van der Waals surface area contributed by atoms with E-state index in [2.05, 4.69) is 10.2 Å². The lowest BCUT2D eigenvalue weighted by Gasteiger charge is -2.15. The molecule has 0 saturated carbocycles. The summed E-state index contributed by atoms with van der Waals surface area (Å²) < 4.78 is 41.2. The number of thioether (sulfide) groups is 1. The Labute approximate surface area is 236 Å². The van der Waals surface area contributed by atoms with Crippen LogP contribution in [0.3, 0.4) is 0 Å². The van der Waals surface area contributed by atoms with Gasteiger partial charge < -0.3 is 9.47 Å². The van der Waals surface area contributed by atoms with Crippen LogP contribution in [0.2, 0.25) is 0 Å². The number of ether oxygens (including phenoxy) is 2. The number of methoxy groups -OCH3 is 1. The molecule has 3 aromatic carbocycles. The summed E-state index contributed by atoms with van der Waals surface area (Å²) in [4.78, 5) is 12.8. The Hall–Kier alpha value is -4.09. The number of benzene rings is 3. The average Bonchev–Trinajstić information content (AvgIpc) is 3.58. The molecule has 0 saturated heterocycles. The van der Waals surface area contributed by atoms with Crippen molar-refractivity contribution in [1.29, 1.82) is 0 Å². The Morgan fingerprint density at radius 2 is 1.73 bits per heavy atom. The Morgan fingerprint density at radius 1 is 0.975 bits per heavy atom. The highest BCUT2D eigenvalue weighted by Crippen LogP contribution is 2.37. The van der Waals surface area contributed by atoms with Crippen molar-refractivity contribution in [2.24, 2.45) is 0 Å². The quantitative estimate of drug-likeness (QED) is 0.157. The van der Waals surface area contributed by atoms with Crippen molar-refractivity contribution >= 4 is 38.7 Å². The van der Waals surface area contributed by atoms with Gasteiger partial charge in [0.25, 0.3) is 10.0 Å². The first-order chi connectivity index (χ1) is 19.4. The minimum atomic E-state index is -3.90. The van der Waals surface area contributed by atoms with Gasteiger partial charge in [-0.1, -0.05) is 61.2 Å². The summed E-state index contributed by atoms with van der Waals surface area (Å²) in [6, 6.07) is 22.9. The van der Waals surface area contributed by atoms with Crippen LogP contribution in [0.5, 0.6) is 5.75 Å². The van der Waals surface area contributed by atoms with Crippen LogP contribution in [0.4, 0.5) is 0 Å². The second-order valence-electron chi connectivity index (χ2n) is 8.78. The summed E-state index contributed by atoms with van der Waals surface area (Å²) in [7, 11) is -2.32. The van der Waals surface area contributed by atoms with Gasteiger partial charge in [-0.15, -0.1) is 10.2 Å². The first-order valence-corrected chi connectivity index (χ1v) is 15.0. The maximum atomic E-state index is 13.7. The van der Waals surface area contributed by atoms with Gasteiger partial charge in [0.2, 0.25) is 0 Å². The van der Waals surface area contributed by atoms with E-state index in [1.54, 1.807) is 62.7 Å². The maximum Gasteiger partial charge on any atom is 0.319 e. The molecule has 2 heterocycles. The van der Waals surface area contributed by atoms with E-state index in [0.717, 1.165) is 0 Å². The molecule has 0 aliphatic heterocycles. The lowest BCUT2D eigenvalue weighted by atomic mass is 10.1. The Balaban J connectivity index is 1.73. The van der Waals surface area contributed by atoms with Crippen molar-refractivity contribution in [2.45, 2.75) is 35.6 Å². The normalized spacial score (nSPS) is 12.4. The van der Waals surface area contributed by atoms with E-state index in [1.165, 1.54) is 15.7 Å². The SMILES string of the molecule is CCOC(=O)C(CC)Sc1nnc(-c2cn(S(=O)(=O)c3ccccc3)c3ccccc23)n1-c1cccc(OC)c1. The fourth-order valence-corrected chi connectivity index (χ4v) is 6.76. The summed E-state index contributed by atoms with van der Waals surface area (Å²) >= 11 is 1.25. The van der Waals surface area contributed by atoms with E-state index in [0.29, 0.717) is 45.3 Å². The fraction of sp³-hybridized carbons (Fsp3) is 0.207. The van der Waals surface area contributed by atoms with Gasteiger partial charge in [0.15, 0.2) is 11.0 Å². The second-order valence-corrected chi connectivity index (χ2v) is 11.8. The molecule has 5 aromatic rings. The minimum Gasteiger partial charge on any atom is -0.497 e. The van der Waals surface area contributed by atoms with Crippen molar-refractivity contribution in [2.75, 3.05) is 13.7 Å². The molecule has 9 nitrogen and oxygen atoms in total. The standard InChI is InChI=1S/C29H28N4O5S2/c1-4-26(28(34)38-5-2)39-29-31-30-27(33(29)20-12-11-13-21(18-20)37-3)24-19-32(25-17-10-9-16-23(24)25)40(35,36)22-14-7-6-8-15-22/h6-19,26H,4-5H2,1-3H3. The molecule has 1 unspecified atom stereocenters. The number of hydrogen-bond donors (Lipinski definition) is 0. The number of fused-ring (bicyclic) bond motifs is 1. The molecule has 0 aliphatic rings. The Morgan fingerprint density at radius 3 is 2.45 bits per heavy atom. The second kappa shape index (κ2) is 11.6. The van der Waals surface area contributed by atoms with Crippen molar-refractivity contribution in [3.63, 3.8) is 0 Å². The van der Waals surface area contributed by atoms with Gasteiger partial charge in [0.1, 0.15) is 11.0 Å². The molecule has 0 aliphatic carbocycles. The number of rotatable bonds is 10. The highest BCUT2D eigenvalue weighted by Gasteiger charge is 2.28. The molecule has 1 atom stereocenters. The van der Waals surface area contributed by atoms with Gasteiger partial charge in [0, 0.05) is 23.2 Å². The van der Waals surface area contributed by atoms with Gasteiger partial charge in [-0.05, 0) is 43.7 Å². The van der Waals surface area contributed by atoms with E-state index in [9.17, 15) is 13.2 Å². The third kappa shape index (κ3) is 5.09. The molecular weight excluding hydrogens is 548 g/mol. The molecule has 2 aromatic heterocycles. The van der Waals surface area contributed by atoms with Crippen LogP contribution in [-0.2, 0) is 19.6 Å². The van der Waals surface area contributed by atoms with Crippen LogP contribution in [0, 0.1) is 0 Å². The number of carbonyl (C=O) groups excluding carboxylic acids is 1. The number of carbonyl (C=O) groups is 1. The maximum absolute atomic E-state index is 13.7. The Bertz CT molecular complexity index is 1760. The number of aromatic nitrogens is 4. The molecule has 0 amide bonds. The number of esters is 1. The van der Waals surface area contributed by atoms with Gasteiger partial charge >= 0.3 is 5.97 Å². The molecule has 40 heavy (non-hydrogen) atoms.